The van der Waals surface area contributed by atoms with Gasteiger partial charge in [-0.05, 0) is 24.6 Å². The number of rotatable bonds is 4. The number of thiazole rings is 1. The highest BCUT2D eigenvalue weighted by atomic mass is 32.1. The van der Waals surface area contributed by atoms with Gasteiger partial charge in [0.2, 0.25) is 0 Å². The molecule has 1 aromatic carbocycles. The fraction of sp³-hybridized carbons (Fsp3) is 0.143. The van der Waals surface area contributed by atoms with E-state index in [0.29, 0.717) is 12.2 Å². The van der Waals surface area contributed by atoms with Crippen molar-refractivity contribution in [1.29, 1.82) is 0 Å². The van der Waals surface area contributed by atoms with Crippen molar-refractivity contribution in [1.82, 2.24) is 9.97 Å². The van der Waals surface area contributed by atoms with Crippen molar-refractivity contribution in [2.45, 2.75) is 13.5 Å². The summed E-state index contributed by atoms with van der Waals surface area (Å²) in [7, 11) is 0. The van der Waals surface area contributed by atoms with Gasteiger partial charge in [0.25, 0.3) is 5.69 Å². The molecule has 0 atom stereocenters. The third-order valence-electron chi connectivity index (χ3n) is 3.02. The van der Waals surface area contributed by atoms with Crippen LogP contribution in [0.4, 0.5) is 11.4 Å². The molecule has 0 spiro atoms. The lowest BCUT2D eigenvalue weighted by Crippen LogP contribution is -2.02. The number of benzene rings is 1. The van der Waals surface area contributed by atoms with Gasteiger partial charge in [0.15, 0.2) is 0 Å². The Labute approximate surface area is 124 Å². The lowest BCUT2D eigenvalue weighted by Gasteiger charge is -2.07. The van der Waals surface area contributed by atoms with Gasteiger partial charge < -0.3 is 5.32 Å². The molecule has 0 amide bonds. The maximum atomic E-state index is 11.2. The van der Waals surface area contributed by atoms with Gasteiger partial charge in [-0.15, -0.1) is 11.3 Å². The molecule has 7 heteroatoms. The standard InChI is InChI=1S/C14H12N4O2S/c1-9-17-12-5-11(13(18(19)20)6-14(12)21-9)16-8-10-3-2-4-15-7-10/h2-7,16H,8H2,1H3. The zero-order valence-corrected chi connectivity index (χ0v) is 12.1. The molecule has 2 heterocycles. The van der Waals surface area contributed by atoms with E-state index in [0.717, 1.165) is 20.8 Å². The van der Waals surface area contributed by atoms with Crippen LogP contribution >= 0.6 is 11.3 Å². The molecule has 1 N–H and O–H groups in total. The average Bonchev–Trinajstić information content (AvgIpc) is 2.84. The zero-order valence-electron chi connectivity index (χ0n) is 11.2. The van der Waals surface area contributed by atoms with Crippen LogP contribution in [-0.4, -0.2) is 14.9 Å². The largest absolute Gasteiger partial charge is 0.375 e. The highest BCUT2D eigenvalue weighted by Crippen LogP contribution is 2.33. The Morgan fingerprint density at radius 3 is 3.00 bits per heavy atom. The molecule has 3 rings (SSSR count). The van der Waals surface area contributed by atoms with Crippen LogP contribution in [0.25, 0.3) is 10.2 Å². The second-order valence-corrected chi connectivity index (χ2v) is 5.78. The van der Waals surface area contributed by atoms with Gasteiger partial charge in [0.05, 0.1) is 20.1 Å². The molecule has 6 nitrogen and oxygen atoms in total. The third kappa shape index (κ3) is 2.82. The molecule has 0 fully saturated rings. The fourth-order valence-electron chi connectivity index (χ4n) is 2.07. The SMILES string of the molecule is Cc1nc2cc(NCc3cccnc3)c([N+](=O)[O-])cc2s1. The monoisotopic (exact) mass is 300 g/mol. The second-order valence-electron chi connectivity index (χ2n) is 4.54. The first-order valence-corrected chi connectivity index (χ1v) is 7.13. The molecule has 21 heavy (non-hydrogen) atoms. The number of pyridine rings is 1. The van der Waals surface area contributed by atoms with E-state index < -0.39 is 0 Å². The van der Waals surface area contributed by atoms with E-state index in [-0.39, 0.29) is 10.6 Å². The predicted octanol–water partition coefficient (Wildman–Crippen LogP) is 3.52. The number of hydrogen-bond donors (Lipinski definition) is 1. The molecule has 2 aromatic heterocycles. The summed E-state index contributed by atoms with van der Waals surface area (Å²) in [4.78, 5) is 19.2. The van der Waals surface area contributed by atoms with Crippen LogP contribution < -0.4 is 5.32 Å². The second kappa shape index (κ2) is 5.45. The fourth-order valence-corrected chi connectivity index (χ4v) is 2.91. The molecule has 0 saturated carbocycles. The highest BCUT2D eigenvalue weighted by molar-refractivity contribution is 7.18. The van der Waals surface area contributed by atoms with Crippen LogP contribution in [-0.2, 0) is 6.54 Å². The predicted molar refractivity (Wildman–Crippen MR) is 82.6 cm³/mol. The van der Waals surface area contributed by atoms with Crippen molar-refractivity contribution >= 4 is 32.9 Å². The molecule has 0 saturated heterocycles. The van der Waals surface area contributed by atoms with E-state index in [1.165, 1.54) is 11.3 Å². The highest BCUT2D eigenvalue weighted by Gasteiger charge is 2.16. The summed E-state index contributed by atoms with van der Waals surface area (Å²) in [6, 6.07) is 7.05. The number of aryl methyl sites for hydroxylation is 1. The van der Waals surface area contributed by atoms with E-state index in [4.69, 9.17) is 0 Å². The van der Waals surface area contributed by atoms with Gasteiger partial charge in [-0.2, -0.15) is 0 Å². The number of aromatic nitrogens is 2. The van der Waals surface area contributed by atoms with Crippen molar-refractivity contribution in [2.24, 2.45) is 0 Å². The first-order valence-electron chi connectivity index (χ1n) is 6.32. The van der Waals surface area contributed by atoms with Crippen LogP contribution in [0.2, 0.25) is 0 Å². The first kappa shape index (κ1) is 13.4. The lowest BCUT2D eigenvalue weighted by atomic mass is 10.2. The summed E-state index contributed by atoms with van der Waals surface area (Å²) >= 11 is 1.45. The Morgan fingerprint density at radius 1 is 1.43 bits per heavy atom. The van der Waals surface area contributed by atoms with Gasteiger partial charge >= 0.3 is 0 Å². The molecule has 0 unspecified atom stereocenters. The van der Waals surface area contributed by atoms with E-state index in [2.05, 4.69) is 15.3 Å². The Hall–Kier alpha value is -2.54. The summed E-state index contributed by atoms with van der Waals surface area (Å²) in [5.74, 6) is 0. The third-order valence-corrected chi connectivity index (χ3v) is 3.95. The van der Waals surface area contributed by atoms with Crippen molar-refractivity contribution in [3.63, 3.8) is 0 Å². The molecular weight excluding hydrogens is 288 g/mol. The van der Waals surface area contributed by atoms with Gasteiger partial charge in [0.1, 0.15) is 5.69 Å². The smallest absolute Gasteiger partial charge is 0.293 e. The summed E-state index contributed by atoms with van der Waals surface area (Å²) < 4.78 is 0.825. The Balaban J connectivity index is 1.95. The van der Waals surface area contributed by atoms with Crippen molar-refractivity contribution < 1.29 is 4.92 Å². The Kier molecular flexibility index (Phi) is 3.49. The van der Waals surface area contributed by atoms with Gasteiger partial charge in [-0.1, -0.05) is 6.07 Å². The molecule has 0 aliphatic heterocycles. The molecule has 106 valence electrons. The number of nitrogens with zero attached hydrogens (tertiary/aromatic N) is 3. The van der Waals surface area contributed by atoms with Crippen LogP contribution in [0.5, 0.6) is 0 Å². The van der Waals surface area contributed by atoms with Gasteiger partial charge in [-0.3, -0.25) is 15.1 Å². The quantitative estimate of drug-likeness (QED) is 0.589. The number of anilines is 1. The first-order chi connectivity index (χ1) is 10.1. The molecule has 0 bridgehead atoms. The van der Waals surface area contributed by atoms with E-state index >= 15 is 0 Å². The topological polar surface area (TPSA) is 81.0 Å². The minimum absolute atomic E-state index is 0.0649. The minimum atomic E-state index is -0.375. The molecule has 3 aromatic rings. The van der Waals surface area contributed by atoms with Crippen LogP contribution in [0.1, 0.15) is 10.6 Å². The Bertz CT molecular complexity index is 801. The number of nitrogens with one attached hydrogen (secondary N) is 1. The van der Waals surface area contributed by atoms with E-state index in [1.54, 1.807) is 24.5 Å². The minimum Gasteiger partial charge on any atom is -0.375 e. The number of nitro benzene ring substituents is 1. The summed E-state index contributed by atoms with van der Waals surface area (Å²) in [6.07, 6.45) is 3.42. The van der Waals surface area contributed by atoms with Crippen LogP contribution in [0, 0.1) is 17.0 Å². The summed E-state index contributed by atoms with van der Waals surface area (Å²) in [5, 5.41) is 15.2. The van der Waals surface area contributed by atoms with Gasteiger partial charge in [-0.25, -0.2) is 4.98 Å². The molecule has 0 aliphatic rings. The Morgan fingerprint density at radius 2 is 2.29 bits per heavy atom. The maximum Gasteiger partial charge on any atom is 0.293 e. The number of fused-ring (bicyclic) bond motifs is 1. The molecule has 0 radical (unpaired) electrons. The normalized spacial score (nSPS) is 10.7. The van der Waals surface area contributed by atoms with Crippen molar-refractivity contribution in [3.05, 3.63) is 57.3 Å². The lowest BCUT2D eigenvalue weighted by molar-refractivity contribution is -0.383. The van der Waals surface area contributed by atoms with Crippen LogP contribution in [0.3, 0.4) is 0 Å². The summed E-state index contributed by atoms with van der Waals surface area (Å²) in [6.45, 7) is 2.36. The molecular formula is C14H12N4O2S. The zero-order chi connectivity index (χ0) is 14.8. The van der Waals surface area contributed by atoms with E-state index in [1.807, 2.05) is 19.1 Å². The van der Waals surface area contributed by atoms with Gasteiger partial charge in [0, 0.05) is 25.0 Å². The van der Waals surface area contributed by atoms with Crippen LogP contribution in [0.15, 0.2) is 36.7 Å². The van der Waals surface area contributed by atoms with Crippen molar-refractivity contribution in [2.75, 3.05) is 5.32 Å². The number of nitro groups is 1. The maximum absolute atomic E-state index is 11.2. The molecule has 0 aliphatic carbocycles. The summed E-state index contributed by atoms with van der Waals surface area (Å²) in [5.41, 5.74) is 2.27. The van der Waals surface area contributed by atoms with E-state index in [9.17, 15) is 10.1 Å². The van der Waals surface area contributed by atoms with Crippen molar-refractivity contribution in [3.8, 4) is 0 Å². The number of hydrogen-bond acceptors (Lipinski definition) is 6. The average molecular weight is 300 g/mol.